The summed E-state index contributed by atoms with van der Waals surface area (Å²) in [6.07, 6.45) is 0.645. The highest BCUT2D eigenvalue weighted by molar-refractivity contribution is 6.05. The third-order valence-corrected chi connectivity index (χ3v) is 4.33. The van der Waals surface area contributed by atoms with E-state index in [9.17, 15) is 14.7 Å². The van der Waals surface area contributed by atoms with Gasteiger partial charge < -0.3 is 19.3 Å². The van der Waals surface area contributed by atoms with Crippen molar-refractivity contribution in [3.05, 3.63) is 45.6 Å². The minimum atomic E-state index is -0.370. The molecule has 2 aromatic rings. The number of hydrogen-bond donors (Lipinski definition) is 1. The van der Waals surface area contributed by atoms with Crippen LogP contribution in [0.5, 0.6) is 23.0 Å². The second-order valence-electron chi connectivity index (χ2n) is 5.66. The van der Waals surface area contributed by atoms with Crippen LogP contribution in [-0.2, 0) is 6.42 Å². The van der Waals surface area contributed by atoms with E-state index < -0.39 is 0 Å². The van der Waals surface area contributed by atoms with Crippen molar-refractivity contribution in [3.8, 4) is 34.1 Å². The predicted molar refractivity (Wildman–Crippen MR) is 92.1 cm³/mol. The molecule has 0 saturated heterocycles. The number of hydrogen-bond acceptors (Lipinski definition) is 6. The van der Waals surface area contributed by atoms with E-state index in [0.29, 0.717) is 28.9 Å². The molecule has 0 aromatic heterocycles. The molecule has 0 heterocycles. The van der Waals surface area contributed by atoms with Crippen molar-refractivity contribution < 1.29 is 24.1 Å². The Hall–Kier alpha value is -3.02. The molecule has 1 N–H and O–H groups in total. The minimum Gasteiger partial charge on any atom is -0.504 e. The van der Waals surface area contributed by atoms with Gasteiger partial charge in [-0.15, -0.1) is 0 Å². The number of Topliss-reactive ketones (excluding diaryl/α,β-unsaturated/α-hetero) is 1. The number of ketones is 1. The van der Waals surface area contributed by atoms with Gasteiger partial charge in [0.1, 0.15) is 0 Å². The van der Waals surface area contributed by atoms with E-state index in [-0.39, 0.29) is 34.9 Å². The molecule has 0 spiro atoms. The van der Waals surface area contributed by atoms with Crippen LogP contribution in [0.25, 0.3) is 11.1 Å². The molecule has 1 aliphatic rings. The van der Waals surface area contributed by atoms with Gasteiger partial charge in [-0.1, -0.05) is 0 Å². The number of carbonyl (C=O) groups is 1. The Morgan fingerprint density at radius 3 is 2.24 bits per heavy atom. The molecule has 25 heavy (non-hydrogen) atoms. The summed E-state index contributed by atoms with van der Waals surface area (Å²) in [7, 11) is 4.29. The summed E-state index contributed by atoms with van der Waals surface area (Å²) in [5.74, 6) is 0.444. The lowest BCUT2D eigenvalue weighted by Crippen LogP contribution is -2.05. The Morgan fingerprint density at radius 2 is 1.60 bits per heavy atom. The molecule has 6 nitrogen and oxygen atoms in total. The summed E-state index contributed by atoms with van der Waals surface area (Å²) < 4.78 is 15.8. The quantitative estimate of drug-likeness (QED) is 0.923. The fraction of sp³-hybridized carbons (Fsp3) is 0.263. The zero-order valence-electron chi connectivity index (χ0n) is 14.2. The van der Waals surface area contributed by atoms with E-state index >= 15 is 0 Å². The number of phenolic OH excluding ortho intramolecular Hbond substituents is 1. The zero-order chi connectivity index (χ0) is 18.1. The van der Waals surface area contributed by atoms with E-state index in [1.54, 1.807) is 12.1 Å². The van der Waals surface area contributed by atoms with Crippen molar-refractivity contribution in [1.29, 1.82) is 0 Å². The van der Waals surface area contributed by atoms with Crippen LogP contribution >= 0.6 is 0 Å². The summed E-state index contributed by atoms with van der Waals surface area (Å²) >= 11 is 0. The molecule has 0 amide bonds. The Balaban J connectivity index is 2.46. The van der Waals surface area contributed by atoms with Crippen LogP contribution in [0.2, 0.25) is 0 Å². The van der Waals surface area contributed by atoms with Crippen molar-refractivity contribution in [2.75, 3.05) is 21.3 Å². The van der Waals surface area contributed by atoms with E-state index in [2.05, 4.69) is 0 Å². The number of benzene rings is 1. The van der Waals surface area contributed by atoms with Gasteiger partial charge >= 0.3 is 0 Å². The predicted octanol–water partition coefficient (Wildman–Crippen LogP) is 2.57. The normalized spacial score (nSPS) is 12.7. The zero-order valence-corrected chi connectivity index (χ0v) is 14.2. The summed E-state index contributed by atoms with van der Waals surface area (Å²) in [4.78, 5) is 24.8. The maximum Gasteiger partial charge on any atom is 0.221 e. The van der Waals surface area contributed by atoms with Crippen LogP contribution < -0.4 is 19.6 Å². The van der Waals surface area contributed by atoms with Crippen LogP contribution in [-0.4, -0.2) is 32.2 Å². The summed E-state index contributed by atoms with van der Waals surface area (Å²) in [6, 6.07) is 6.06. The van der Waals surface area contributed by atoms with Gasteiger partial charge in [0.2, 0.25) is 11.2 Å². The lowest BCUT2D eigenvalue weighted by atomic mass is 9.96. The smallest absolute Gasteiger partial charge is 0.221 e. The fourth-order valence-corrected chi connectivity index (χ4v) is 3.17. The third kappa shape index (κ3) is 2.69. The Kier molecular flexibility index (Phi) is 4.35. The van der Waals surface area contributed by atoms with E-state index in [4.69, 9.17) is 14.2 Å². The van der Waals surface area contributed by atoms with Gasteiger partial charge in [-0.05, 0) is 35.7 Å². The first-order valence-electron chi connectivity index (χ1n) is 7.74. The molecule has 0 atom stereocenters. The van der Waals surface area contributed by atoms with Crippen LogP contribution in [0, 0.1) is 0 Å². The molecule has 1 aliphatic carbocycles. The number of carbonyl (C=O) groups excluding carboxylic acids is 1. The monoisotopic (exact) mass is 342 g/mol. The van der Waals surface area contributed by atoms with Crippen LogP contribution in [0.4, 0.5) is 0 Å². The van der Waals surface area contributed by atoms with Crippen molar-refractivity contribution >= 4 is 5.78 Å². The average molecular weight is 342 g/mol. The first kappa shape index (κ1) is 16.8. The Labute approximate surface area is 144 Å². The van der Waals surface area contributed by atoms with Gasteiger partial charge in [0.05, 0.1) is 21.3 Å². The number of phenols is 1. The highest BCUT2D eigenvalue weighted by Crippen LogP contribution is 2.48. The van der Waals surface area contributed by atoms with Gasteiger partial charge in [0, 0.05) is 23.6 Å². The van der Waals surface area contributed by atoms with Gasteiger partial charge in [-0.25, -0.2) is 0 Å². The van der Waals surface area contributed by atoms with Gasteiger partial charge in [0.15, 0.2) is 23.0 Å². The second-order valence-corrected chi connectivity index (χ2v) is 5.66. The maximum atomic E-state index is 12.6. The standard InChI is InChI=1S/C19H18O6/c1-23-16-7-5-11-12(9-14(16)21)13(20)6-4-10-8-15(22)18(24-2)19(25-3)17(10)11/h5,7-9,22H,4,6H2,1-3H3. The lowest BCUT2D eigenvalue weighted by Gasteiger charge is -2.17. The molecule has 130 valence electrons. The van der Waals surface area contributed by atoms with Gasteiger partial charge in [0.25, 0.3) is 0 Å². The van der Waals surface area contributed by atoms with E-state index in [1.807, 2.05) is 0 Å². The third-order valence-electron chi connectivity index (χ3n) is 4.33. The molecule has 3 rings (SSSR count). The van der Waals surface area contributed by atoms with E-state index in [1.165, 1.54) is 33.5 Å². The van der Waals surface area contributed by atoms with Gasteiger partial charge in [-0.3, -0.25) is 9.59 Å². The summed E-state index contributed by atoms with van der Waals surface area (Å²) in [5, 5.41) is 10.2. The maximum absolute atomic E-state index is 12.6. The molecular formula is C19H18O6. The molecule has 6 heteroatoms. The first-order chi connectivity index (χ1) is 12.0. The SMILES string of the molecule is COc1c(O)cc2c(c1OC)-c1ccc(OC)c(=O)cc1C(=O)CC2. The molecule has 2 aromatic carbocycles. The van der Waals surface area contributed by atoms with Gasteiger partial charge in [-0.2, -0.15) is 0 Å². The molecule has 0 aliphatic heterocycles. The van der Waals surface area contributed by atoms with Crippen LogP contribution in [0.1, 0.15) is 22.3 Å². The highest BCUT2D eigenvalue weighted by atomic mass is 16.5. The number of aryl methyl sites for hydroxylation is 1. The summed E-state index contributed by atoms with van der Waals surface area (Å²) in [5.41, 5.74) is 1.87. The average Bonchev–Trinajstić information content (AvgIpc) is 2.84. The fourth-order valence-electron chi connectivity index (χ4n) is 3.17. The Bertz CT molecular complexity index is 917. The topological polar surface area (TPSA) is 82.1 Å². The number of ether oxygens (including phenoxy) is 3. The first-order valence-corrected chi connectivity index (χ1v) is 7.74. The van der Waals surface area contributed by atoms with Crippen molar-refractivity contribution in [1.82, 2.24) is 0 Å². The molecule has 0 bridgehead atoms. The minimum absolute atomic E-state index is 0.0589. The number of methoxy groups -OCH3 is 3. The van der Waals surface area contributed by atoms with Crippen molar-refractivity contribution in [3.63, 3.8) is 0 Å². The molecular weight excluding hydrogens is 324 g/mol. The van der Waals surface area contributed by atoms with Crippen LogP contribution in [0.3, 0.4) is 0 Å². The number of fused-ring (bicyclic) bond motifs is 3. The van der Waals surface area contributed by atoms with Crippen molar-refractivity contribution in [2.45, 2.75) is 12.8 Å². The highest BCUT2D eigenvalue weighted by Gasteiger charge is 2.27. The molecule has 0 saturated carbocycles. The summed E-state index contributed by atoms with van der Waals surface area (Å²) in [6.45, 7) is 0. The van der Waals surface area contributed by atoms with Crippen LogP contribution in [0.15, 0.2) is 29.1 Å². The molecule has 0 fully saturated rings. The van der Waals surface area contributed by atoms with E-state index in [0.717, 1.165) is 5.56 Å². The largest absolute Gasteiger partial charge is 0.504 e. The molecule has 0 unspecified atom stereocenters. The molecule has 0 radical (unpaired) electrons. The Morgan fingerprint density at radius 1 is 0.880 bits per heavy atom. The number of aromatic hydroxyl groups is 1. The lowest BCUT2D eigenvalue weighted by molar-refractivity contribution is 0.0984. The van der Waals surface area contributed by atoms with Crippen molar-refractivity contribution in [2.24, 2.45) is 0 Å². The number of rotatable bonds is 3. The second kappa shape index (κ2) is 6.47.